The van der Waals surface area contributed by atoms with E-state index in [1.54, 1.807) is 6.08 Å². The van der Waals surface area contributed by atoms with E-state index in [4.69, 9.17) is 9.47 Å². The normalized spacial score (nSPS) is 15.4. The Labute approximate surface area is 371 Å². The van der Waals surface area contributed by atoms with Crippen molar-refractivity contribution in [3.63, 3.8) is 0 Å². The number of carbonyl (C=O) groups is 3. The molecule has 7 nitrogen and oxygen atoms in total. The lowest BCUT2D eigenvalue weighted by atomic mass is 9.79. The van der Waals surface area contributed by atoms with Crippen molar-refractivity contribution >= 4 is 17.7 Å². The molecule has 6 aromatic rings. The molecule has 0 bridgehead atoms. The molecule has 63 heavy (non-hydrogen) atoms. The van der Waals surface area contributed by atoms with Gasteiger partial charge in [-0.1, -0.05) is 164 Å². The third-order valence-electron chi connectivity index (χ3n) is 11.8. The van der Waals surface area contributed by atoms with Crippen LogP contribution in [0.5, 0.6) is 0 Å². The van der Waals surface area contributed by atoms with Gasteiger partial charge in [-0.2, -0.15) is 0 Å². The standard InChI is InChI=1S/C56H56N2O5/c1-53(2,3)62-51(60)49(57-55(38-22-9-7-10-23-38)45-31-17-13-27-41(45)42-28-14-18-32-46(42)55)35-21-26-40(59)36-37-50(52(61)63-54(4,5)6)58-56(39-24-11-8-12-25-39)47-33-19-15-29-43(47)44-30-16-20-34-48(44)56/h7-34,49-50,57-58H,35-37H2,1-6H3/b26-21+/t49-,50-/m0/s1. The first-order chi connectivity index (χ1) is 30.2. The van der Waals surface area contributed by atoms with Crippen molar-refractivity contribution < 1.29 is 23.9 Å². The predicted octanol–water partition coefficient (Wildman–Crippen LogP) is 10.8. The van der Waals surface area contributed by atoms with E-state index in [-0.39, 0.29) is 25.0 Å². The van der Waals surface area contributed by atoms with Crippen LogP contribution in [0.15, 0.2) is 170 Å². The van der Waals surface area contributed by atoms with Crippen LogP contribution < -0.4 is 10.6 Å². The number of fused-ring (bicyclic) bond motifs is 6. The number of ketones is 1. The summed E-state index contributed by atoms with van der Waals surface area (Å²) in [4.78, 5) is 42.5. The first-order valence-corrected chi connectivity index (χ1v) is 21.9. The molecular formula is C56H56N2O5. The Morgan fingerprint density at radius 1 is 0.492 bits per heavy atom. The van der Waals surface area contributed by atoms with Crippen molar-refractivity contribution in [2.45, 2.75) is 95.2 Å². The lowest BCUT2D eigenvalue weighted by Gasteiger charge is -2.38. The number of esters is 2. The fraction of sp³-hybridized carbons (Fsp3) is 0.268. The van der Waals surface area contributed by atoms with Crippen LogP contribution in [0.3, 0.4) is 0 Å². The molecule has 6 aromatic carbocycles. The van der Waals surface area contributed by atoms with Gasteiger partial charge in [0, 0.05) is 6.42 Å². The summed E-state index contributed by atoms with van der Waals surface area (Å²) in [6, 6.07) is 51.7. The van der Waals surface area contributed by atoms with Gasteiger partial charge in [-0.05, 0) is 116 Å². The number of hydrogen-bond acceptors (Lipinski definition) is 7. The van der Waals surface area contributed by atoms with Gasteiger partial charge >= 0.3 is 11.9 Å². The molecule has 2 N–H and O–H groups in total. The molecule has 2 atom stereocenters. The van der Waals surface area contributed by atoms with Crippen molar-refractivity contribution in [3.05, 3.63) is 203 Å². The van der Waals surface area contributed by atoms with Crippen LogP contribution in [0.2, 0.25) is 0 Å². The number of ether oxygens (including phenoxy) is 2. The average Bonchev–Trinajstić information content (AvgIpc) is 3.72. The third-order valence-corrected chi connectivity index (χ3v) is 11.8. The molecule has 2 aliphatic rings. The van der Waals surface area contributed by atoms with E-state index in [0.717, 1.165) is 55.6 Å². The van der Waals surface area contributed by atoms with Crippen LogP contribution in [0.4, 0.5) is 0 Å². The number of allylic oxidation sites excluding steroid dienone is 1. The summed E-state index contributed by atoms with van der Waals surface area (Å²) in [6.07, 6.45) is 3.69. The lowest BCUT2D eigenvalue weighted by molar-refractivity contribution is -0.159. The maximum atomic E-state index is 14.3. The maximum Gasteiger partial charge on any atom is 0.324 e. The molecule has 0 heterocycles. The first-order valence-electron chi connectivity index (χ1n) is 21.9. The van der Waals surface area contributed by atoms with Crippen LogP contribution in [-0.4, -0.2) is 41.0 Å². The van der Waals surface area contributed by atoms with Gasteiger partial charge in [0.05, 0.1) is 11.1 Å². The molecular weight excluding hydrogens is 781 g/mol. The van der Waals surface area contributed by atoms with E-state index in [0.29, 0.717) is 0 Å². The Balaban J connectivity index is 1.09. The average molecular weight is 837 g/mol. The topological polar surface area (TPSA) is 93.7 Å². The Kier molecular flexibility index (Phi) is 11.9. The number of carbonyl (C=O) groups excluding carboxylic acids is 3. The Bertz CT molecular complexity index is 2560. The Hall–Kier alpha value is -6.41. The van der Waals surface area contributed by atoms with E-state index in [2.05, 4.69) is 83.4 Å². The zero-order valence-electron chi connectivity index (χ0n) is 37.0. The van der Waals surface area contributed by atoms with Gasteiger partial charge in [-0.3, -0.25) is 25.0 Å². The number of hydrogen-bond donors (Lipinski definition) is 2. The van der Waals surface area contributed by atoms with Gasteiger partial charge in [0.25, 0.3) is 0 Å². The Morgan fingerprint density at radius 3 is 1.21 bits per heavy atom. The number of rotatable bonds is 14. The molecule has 0 spiro atoms. The van der Waals surface area contributed by atoms with E-state index < -0.39 is 46.3 Å². The zero-order chi connectivity index (χ0) is 44.4. The number of nitrogens with one attached hydrogen (secondary N) is 2. The lowest BCUT2D eigenvalue weighted by Crippen LogP contribution is -2.53. The van der Waals surface area contributed by atoms with Gasteiger partial charge in [-0.15, -0.1) is 0 Å². The SMILES string of the molecule is CC(C)(C)OC(=O)[C@H](C/C=C/C(=O)CC[C@H](NC1(c2ccccc2)c2ccccc2-c2ccccc21)C(=O)OC(C)(C)C)NC1(c2ccccc2)c2ccccc2-c2ccccc21. The summed E-state index contributed by atoms with van der Waals surface area (Å²) < 4.78 is 12.1. The smallest absolute Gasteiger partial charge is 0.324 e. The van der Waals surface area contributed by atoms with E-state index >= 15 is 0 Å². The summed E-state index contributed by atoms with van der Waals surface area (Å²) in [7, 11) is 0. The van der Waals surface area contributed by atoms with Crippen molar-refractivity contribution in [1.82, 2.24) is 10.6 Å². The minimum atomic E-state index is -0.895. The first kappa shape index (κ1) is 43.2. The van der Waals surface area contributed by atoms with Gasteiger partial charge < -0.3 is 9.47 Å². The molecule has 7 heteroatoms. The highest BCUT2D eigenvalue weighted by Crippen LogP contribution is 2.52. The highest BCUT2D eigenvalue weighted by atomic mass is 16.6. The fourth-order valence-electron chi connectivity index (χ4n) is 9.38. The summed E-state index contributed by atoms with van der Waals surface area (Å²) in [6.45, 7) is 11.1. The van der Waals surface area contributed by atoms with Gasteiger partial charge in [0.2, 0.25) is 0 Å². The molecule has 0 amide bonds. The molecule has 0 fully saturated rings. The molecule has 0 saturated carbocycles. The van der Waals surface area contributed by atoms with Gasteiger partial charge in [-0.25, -0.2) is 0 Å². The van der Waals surface area contributed by atoms with Crippen molar-refractivity contribution in [2.75, 3.05) is 0 Å². The van der Waals surface area contributed by atoms with Gasteiger partial charge in [0.1, 0.15) is 23.3 Å². The fourth-order valence-corrected chi connectivity index (χ4v) is 9.38. The third kappa shape index (κ3) is 8.56. The maximum absolute atomic E-state index is 14.3. The van der Waals surface area contributed by atoms with E-state index in [9.17, 15) is 14.4 Å². The highest BCUT2D eigenvalue weighted by Gasteiger charge is 2.48. The zero-order valence-corrected chi connectivity index (χ0v) is 37.0. The van der Waals surface area contributed by atoms with Crippen LogP contribution in [0.1, 0.15) is 94.2 Å². The molecule has 8 rings (SSSR count). The van der Waals surface area contributed by atoms with E-state index in [1.165, 1.54) is 6.08 Å². The molecule has 320 valence electrons. The molecule has 0 aromatic heterocycles. The summed E-state index contributed by atoms with van der Waals surface area (Å²) in [5, 5.41) is 7.61. The monoisotopic (exact) mass is 836 g/mol. The summed E-state index contributed by atoms with van der Waals surface area (Å²) >= 11 is 0. The second kappa shape index (κ2) is 17.4. The van der Waals surface area contributed by atoms with Crippen LogP contribution in [-0.2, 0) is 34.9 Å². The highest BCUT2D eigenvalue weighted by molar-refractivity contribution is 5.91. The number of benzene rings is 6. The largest absolute Gasteiger partial charge is 0.459 e. The van der Waals surface area contributed by atoms with Crippen molar-refractivity contribution in [3.8, 4) is 22.3 Å². The minimum absolute atomic E-state index is 0.0564. The van der Waals surface area contributed by atoms with Crippen LogP contribution in [0, 0.1) is 0 Å². The molecule has 0 saturated heterocycles. The molecule has 0 aliphatic heterocycles. The molecule has 0 radical (unpaired) electrons. The van der Waals surface area contributed by atoms with Crippen molar-refractivity contribution in [2.24, 2.45) is 0 Å². The Morgan fingerprint density at radius 2 is 0.825 bits per heavy atom. The molecule has 0 unspecified atom stereocenters. The van der Waals surface area contributed by atoms with E-state index in [1.807, 2.05) is 126 Å². The quantitative estimate of drug-likeness (QED) is 0.0834. The van der Waals surface area contributed by atoms with Gasteiger partial charge in [0.15, 0.2) is 5.78 Å². The summed E-state index contributed by atoms with van der Waals surface area (Å²) in [5.41, 5.74) is 7.14. The van der Waals surface area contributed by atoms with Crippen LogP contribution >= 0.6 is 0 Å². The minimum Gasteiger partial charge on any atom is -0.459 e. The van der Waals surface area contributed by atoms with Crippen molar-refractivity contribution in [1.29, 1.82) is 0 Å². The second-order valence-corrected chi connectivity index (χ2v) is 18.5. The van der Waals surface area contributed by atoms with Crippen LogP contribution in [0.25, 0.3) is 22.3 Å². The molecule has 2 aliphatic carbocycles. The predicted molar refractivity (Wildman–Crippen MR) is 250 cm³/mol. The second-order valence-electron chi connectivity index (χ2n) is 18.5. The summed E-state index contributed by atoms with van der Waals surface area (Å²) in [5.74, 6) is -1.04.